The molecule has 0 N–H and O–H groups in total. The molecule has 3 aromatic rings. The number of hydrogen-bond acceptors (Lipinski definition) is 7. The van der Waals surface area contributed by atoms with Crippen molar-refractivity contribution in [3.05, 3.63) is 53.6 Å². The number of methoxy groups -OCH3 is 1. The van der Waals surface area contributed by atoms with Crippen LogP contribution in [0.5, 0.6) is 11.6 Å². The van der Waals surface area contributed by atoms with Gasteiger partial charge in [0, 0.05) is 23.8 Å². The minimum atomic E-state index is -0.705. The number of thioether (sulfide) groups is 1. The van der Waals surface area contributed by atoms with Gasteiger partial charge in [-0.25, -0.2) is 0 Å². The zero-order valence-electron chi connectivity index (χ0n) is 20.1. The average molecular weight is 479 g/mol. The van der Waals surface area contributed by atoms with Crippen molar-refractivity contribution in [2.45, 2.75) is 57.8 Å². The fourth-order valence-electron chi connectivity index (χ4n) is 4.08. The van der Waals surface area contributed by atoms with Crippen LogP contribution in [0.3, 0.4) is 0 Å². The van der Waals surface area contributed by atoms with E-state index in [1.165, 1.54) is 26.2 Å². The van der Waals surface area contributed by atoms with E-state index in [0.29, 0.717) is 22.4 Å². The second kappa shape index (κ2) is 10.9. The number of benzene rings is 2. The number of amides is 1. The van der Waals surface area contributed by atoms with E-state index in [9.17, 15) is 4.79 Å². The maximum Gasteiger partial charge on any atom is 0.247 e. The van der Waals surface area contributed by atoms with Gasteiger partial charge in [-0.2, -0.15) is 4.98 Å². The van der Waals surface area contributed by atoms with E-state index in [4.69, 9.17) is 14.5 Å². The molecule has 178 valence electrons. The lowest BCUT2D eigenvalue weighted by Crippen LogP contribution is -2.36. The van der Waals surface area contributed by atoms with Gasteiger partial charge in [-0.05, 0) is 43.2 Å². The summed E-state index contributed by atoms with van der Waals surface area (Å²) in [7, 11) is 1.64. The van der Waals surface area contributed by atoms with Crippen LogP contribution in [0.1, 0.15) is 56.9 Å². The zero-order chi connectivity index (χ0) is 24.1. The van der Waals surface area contributed by atoms with Crippen LogP contribution in [-0.2, 0) is 4.79 Å². The van der Waals surface area contributed by atoms with Crippen LogP contribution in [0.25, 0.3) is 11.3 Å². The summed E-state index contributed by atoms with van der Waals surface area (Å²) in [5.41, 5.74) is 3.78. The molecule has 1 aliphatic heterocycles. The molecular weight excluding hydrogens is 448 g/mol. The minimum absolute atomic E-state index is 0.141. The lowest BCUT2D eigenvalue weighted by molar-refractivity contribution is -0.118. The summed E-state index contributed by atoms with van der Waals surface area (Å²) in [4.78, 5) is 19.3. The van der Waals surface area contributed by atoms with Crippen LogP contribution in [0, 0.1) is 6.92 Å². The summed E-state index contributed by atoms with van der Waals surface area (Å²) < 4.78 is 11.9. The number of hydrogen-bond donors (Lipinski definition) is 0. The highest BCUT2D eigenvalue weighted by Crippen LogP contribution is 2.43. The summed E-state index contributed by atoms with van der Waals surface area (Å²) in [6.07, 6.45) is 4.03. The Hall–Kier alpha value is -3.13. The number of rotatable bonds is 8. The van der Waals surface area contributed by atoms with E-state index >= 15 is 0 Å². The Kier molecular flexibility index (Phi) is 7.67. The molecule has 2 aromatic carbocycles. The van der Waals surface area contributed by atoms with Gasteiger partial charge in [-0.3, -0.25) is 9.69 Å². The lowest BCUT2D eigenvalue weighted by Gasteiger charge is -2.30. The van der Waals surface area contributed by atoms with E-state index in [1.54, 1.807) is 23.8 Å². The van der Waals surface area contributed by atoms with Crippen LogP contribution in [0.15, 0.2) is 47.6 Å². The fourth-order valence-corrected chi connectivity index (χ4v) is 4.86. The van der Waals surface area contributed by atoms with Crippen molar-refractivity contribution in [2.75, 3.05) is 17.8 Å². The number of unbranched alkanes of at least 4 members (excludes halogenated alkanes) is 3. The van der Waals surface area contributed by atoms with Crippen molar-refractivity contribution in [1.82, 2.24) is 15.2 Å². The van der Waals surface area contributed by atoms with E-state index in [0.717, 1.165) is 34.6 Å². The molecular formula is C26H30N4O3S. The van der Waals surface area contributed by atoms with Crippen molar-refractivity contribution in [3.8, 4) is 22.9 Å². The predicted molar refractivity (Wildman–Crippen MR) is 134 cm³/mol. The average Bonchev–Trinajstić information content (AvgIpc) is 2.98. The standard InChI is InChI=1S/C26H30N4O3S/c1-5-6-7-10-15-34-26-27-24-23(28-29-26)20-11-8-9-12-21(20)30(18(3)31)25(33-24)19-13-14-22(32-4)17(2)16-19/h8-9,11-14,16,25H,5-7,10,15H2,1-4H3/t25-/m1/s1. The Morgan fingerprint density at radius 1 is 1.15 bits per heavy atom. The SMILES string of the molecule is CCCCCCSc1nnc2c(n1)O[C@H](c1ccc(OC)c(C)c1)N(C(C)=O)c1ccccc1-2. The van der Waals surface area contributed by atoms with Crippen molar-refractivity contribution >= 4 is 23.4 Å². The topological polar surface area (TPSA) is 77.4 Å². The third kappa shape index (κ3) is 5.01. The summed E-state index contributed by atoms with van der Waals surface area (Å²) in [6, 6.07) is 13.4. The van der Waals surface area contributed by atoms with Crippen molar-refractivity contribution in [3.63, 3.8) is 0 Å². The number of aromatic nitrogens is 3. The first-order chi connectivity index (χ1) is 16.5. The number of nitrogens with zero attached hydrogens (tertiary/aromatic N) is 4. The smallest absolute Gasteiger partial charge is 0.247 e. The fraction of sp³-hybridized carbons (Fsp3) is 0.385. The van der Waals surface area contributed by atoms with Gasteiger partial charge in [0.05, 0.1) is 12.8 Å². The van der Waals surface area contributed by atoms with Crippen LogP contribution in [0.4, 0.5) is 5.69 Å². The van der Waals surface area contributed by atoms with Crippen molar-refractivity contribution in [1.29, 1.82) is 0 Å². The Balaban J connectivity index is 1.75. The first-order valence-electron chi connectivity index (χ1n) is 11.6. The number of para-hydroxylation sites is 1. The molecule has 7 nitrogen and oxygen atoms in total. The number of carbonyl (C=O) groups excluding carboxylic acids is 1. The molecule has 1 aliphatic rings. The Morgan fingerprint density at radius 2 is 1.97 bits per heavy atom. The predicted octanol–water partition coefficient (Wildman–Crippen LogP) is 5.97. The molecule has 8 heteroatoms. The number of aryl methyl sites for hydroxylation is 1. The molecule has 34 heavy (non-hydrogen) atoms. The highest BCUT2D eigenvalue weighted by Gasteiger charge is 2.34. The molecule has 1 aromatic heterocycles. The van der Waals surface area contributed by atoms with Crippen LogP contribution < -0.4 is 14.4 Å². The minimum Gasteiger partial charge on any atom is -0.496 e. The summed E-state index contributed by atoms with van der Waals surface area (Å²) in [5, 5.41) is 9.42. The summed E-state index contributed by atoms with van der Waals surface area (Å²) >= 11 is 1.58. The molecule has 0 spiro atoms. The van der Waals surface area contributed by atoms with Gasteiger partial charge in [0.15, 0.2) is 5.69 Å². The lowest BCUT2D eigenvalue weighted by atomic mass is 10.1. The van der Waals surface area contributed by atoms with Gasteiger partial charge < -0.3 is 9.47 Å². The first-order valence-corrected chi connectivity index (χ1v) is 12.6. The molecule has 0 saturated heterocycles. The highest BCUT2D eigenvalue weighted by molar-refractivity contribution is 7.99. The first kappa shape index (κ1) is 24.0. The Morgan fingerprint density at radius 3 is 2.71 bits per heavy atom. The molecule has 0 aliphatic carbocycles. The number of carbonyl (C=O) groups is 1. The number of anilines is 1. The van der Waals surface area contributed by atoms with E-state index < -0.39 is 6.23 Å². The van der Waals surface area contributed by atoms with Crippen molar-refractivity contribution < 1.29 is 14.3 Å². The largest absolute Gasteiger partial charge is 0.496 e. The molecule has 0 bridgehead atoms. The third-order valence-electron chi connectivity index (χ3n) is 5.78. The molecule has 0 radical (unpaired) electrons. The zero-order valence-corrected chi connectivity index (χ0v) is 20.9. The summed E-state index contributed by atoms with van der Waals surface area (Å²) in [6.45, 7) is 5.71. The second-order valence-corrected chi connectivity index (χ2v) is 9.32. The van der Waals surface area contributed by atoms with E-state index in [2.05, 4.69) is 17.1 Å². The molecule has 4 rings (SSSR count). The number of ether oxygens (including phenoxy) is 2. The van der Waals surface area contributed by atoms with Gasteiger partial charge in [0.2, 0.25) is 23.2 Å². The van der Waals surface area contributed by atoms with Gasteiger partial charge in [-0.1, -0.05) is 56.1 Å². The van der Waals surface area contributed by atoms with Crippen molar-refractivity contribution in [2.24, 2.45) is 0 Å². The Labute approximate surface area is 204 Å². The van der Waals surface area contributed by atoms with Gasteiger partial charge >= 0.3 is 0 Å². The second-order valence-electron chi connectivity index (χ2n) is 8.26. The molecule has 1 atom stereocenters. The third-order valence-corrected chi connectivity index (χ3v) is 6.71. The van der Waals surface area contributed by atoms with Gasteiger partial charge in [0.1, 0.15) is 5.75 Å². The molecule has 1 amide bonds. The van der Waals surface area contributed by atoms with E-state index in [-0.39, 0.29) is 5.91 Å². The van der Waals surface area contributed by atoms with Crippen LogP contribution >= 0.6 is 11.8 Å². The highest BCUT2D eigenvalue weighted by atomic mass is 32.2. The maximum atomic E-state index is 12.9. The molecule has 0 fully saturated rings. The normalized spacial score (nSPS) is 14.6. The molecule has 0 saturated carbocycles. The van der Waals surface area contributed by atoms with Crippen LogP contribution in [-0.4, -0.2) is 34.0 Å². The Bertz CT molecular complexity index is 1170. The quantitative estimate of drug-likeness (QED) is 0.291. The monoisotopic (exact) mass is 478 g/mol. The van der Waals surface area contributed by atoms with E-state index in [1.807, 2.05) is 49.4 Å². The number of fused-ring (bicyclic) bond motifs is 3. The summed E-state index contributed by atoms with van der Waals surface area (Å²) in [5.74, 6) is 1.94. The molecule has 2 heterocycles. The molecule has 0 unspecified atom stereocenters. The van der Waals surface area contributed by atoms with Crippen LogP contribution in [0.2, 0.25) is 0 Å². The van der Waals surface area contributed by atoms with Gasteiger partial charge in [-0.15, -0.1) is 10.2 Å². The maximum absolute atomic E-state index is 12.9. The van der Waals surface area contributed by atoms with Gasteiger partial charge in [0.25, 0.3) is 0 Å².